The fourth-order valence-corrected chi connectivity index (χ4v) is 0. The molecule has 0 aliphatic carbocycles. The Labute approximate surface area is 198 Å². The summed E-state index contributed by atoms with van der Waals surface area (Å²) in [6.45, 7) is 0. The maximum atomic E-state index is 0. The fourth-order valence-electron chi connectivity index (χ4n) is 0. The monoisotopic (exact) mass is 911 g/mol. The summed E-state index contributed by atoms with van der Waals surface area (Å²) in [5.74, 6) is 0. The zero-order chi connectivity index (χ0) is 0. The van der Waals surface area contributed by atoms with Crippen molar-refractivity contribution in [2.45, 2.75) is 0 Å². The van der Waals surface area contributed by atoms with Gasteiger partial charge in [-0.1, -0.05) is 0 Å². The molecule has 0 atom stereocenters. The van der Waals surface area contributed by atoms with Crippen LogP contribution in [0.3, 0.4) is 0 Å². The van der Waals surface area contributed by atoms with E-state index < -0.39 is 0 Å². The Hall–Kier alpha value is 6.42. The van der Waals surface area contributed by atoms with Crippen molar-refractivity contribution in [3.8, 4) is 0 Å². The molecule has 0 bridgehead atoms. The van der Waals surface area contributed by atoms with Crippen LogP contribution < -0.4 is 120 Å². The second kappa shape index (κ2) is 39.3. The normalized spacial score (nSPS) is 0. The number of hydrogen-bond acceptors (Lipinski definition) is 0. The van der Waals surface area contributed by atoms with Gasteiger partial charge in [0.2, 0.25) is 0 Å². The van der Waals surface area contributed by atoms with Gasteiger partial charge in [-0.3, -0.25) is 0 Å². The van der Waals surface area contributed by atoms with Crippen LogP contribution in [-0.2, 0) is 0 Å². The Morgan fingerprint density at radius 2 is 0.429 bits per heavy atom. The van der Waals surface area contributed by atoms with Gasteiger partial charge in [0.05, 0.1) is 0 Å². The van der Waals surface area contributed by atoms with Crippen LogP contribution in [0.5, 0.6) is 0 Å². The molecule has 0 saturated heterocycles. The summed E-state index contributed by atoms with van der Waals surface area (Å²) in [5, 5.41) is 0. The molecule has 7 heavy (non-hydrogen) atoms. The third-order valence-corrected chi connectivity index (χ3v) is 0. The van der Waals surface area contributed by atoms with E-state index in [4.69, 9.17) is 0 Å². The molecule has 0 radical (unpaired) electrons. The van der Waals surface area contributed by atoms with Crippen molar-refractivity contribution in [2.75, 3.05) is 0 Å². The minimum atomic E-state index is 0. The summed E-state index contributed by atoms with van der Waals surface area (Å²) in [7, 11) is 0. The first-order valence-corrected chi connectivity index (χ1v) is 0. The van der Waals surface area contributed by atoms with Crippen molar-refractivity contribution in [1.29, 1.82) is 0 Å². The van der Waals surface area contributed by atoms with Crippen LogP contribution in [0.2, 0.25) is 0 Å². The minimum absolute atomic E-state index is 0. The van der Waals surface area contributed by atoms with Gasteiger partial charge in [-0.05, 0) is 0 Å². The van der Waals surface area contributed by atoms with E-state index in [0.29, 0.717) is 0 Å². The molecule has 0 amide bonds. The molecule has 40 valence electrons. The van der Waals surface area contributed by atoms with E-state index in [-0.39, 0.29) is 204 Å². The first kappa shape index (κ1) is 50.2. The van der Waals surface area contributed by atoms with Gasteiger partial charge in [-0.2, -0.15) is 0 Å². The van der Waals surface area contributed by atoms with Crippen LogP contribution in [0.1, 0.15) is 0 Å². The molecule has 0 aromatic rings. The van der Waals surface area contributed by atoms with Crippen molar-refractivity contribution in [2.24, 2.45) is 0 Å². The molecule has 0 saturated carbocycles. The zero-order valence-electron chi connectivity index (χ0n) is 3.17. The van der Waals surface area contributed by atoms with Crippen LogP contribution in [0.4, 0.5) is 0 Å². The summed E-state index contributed by atoms with van der Waals surface area (Å²) in [4.78, 5) is 0. The average molecular weight is 911 g/mol. The van der Waals surface area contributed by atoms with Crippen LogP contribution in [-0.4, -0.2) is 48.9 Å². The molecular formula is BaI5La. The maximum absolute atomic E-state index is 0. The van der Waals surface area contributed by atoms with E-state index in [9.17, 15) is 0 Å². The fraction of sp³-hybridized carbons (Fsp3) is 0. The van der Waals surface area contributed by atoms with Crippen molar-refractivity contribution in [3.05, 3.63) is 0 Å². The molecule has 0 fully saturated rings. The van der Waals surface area contributed by atoms with E-state index >= 15 is 0 Å². The van der Waals surface area contributed by atoms with E-state index in [1.807, 2.05) is 0 Å². The van der Waals surface area contributed by atoms with Gasteiger partial charge in [0, 0.05) is 0 Å². The summed E-state index contributed by atoms with van der Waals surface area (Å²) in [5.41, 5.74) is 0. The van der Waals surface area contributed by atoms with Crippen LogP contribution in [0, 0.1) is 35.6 Å². The summed E-state index contributed by atoms with van der Waals surface area (Å²) < 4.78 is 0. The Bertz CT molecular complexity index is 8.04. The smallest absolute Gasteiger partial charge is 1.00 e. The Balaban J connectivity index is 0. The molecule has 7 heteroatoms. The quantitative estimate of drug-likeness (QED) is 0.168. The van der Waals surface area contributed by atoms with E-state index in [0.717, 1.165) is 0 Å². The molecule has 0 rings (SSSR count). The van der Waals surface area contributed by atoms with Crippen molar-refractivity contribution in [1.82, 2.24) is 0 Å². The average Bonchev–Trinajstić information content (AvgIpc) is 0. The van der Waals surface area contributed by atoms with Gasteiger partial charge in [0.25, 0.3) is 0 Å². The predicted molar refractivity (Wildman–Crippen MR) is 5.75 cm³/mol. The van der Waals surface area contributed by atoms with Crippen molar-refractivity contribution < 1.29 is 155 Å². The molecule has 0 unspecified atom stereocenters. The number of halogens is 5. The molecule has 0 spiro atoms. The molecule has 0 aromatic carbocycles. The standard InChI is InChI=1S/Ba.5HI.La/h;5*1H;/q+2;;;;;;+3/p-5. The van der Waals surface area contributed by atoms with Gasteiger partial charge in [0.1, 0.15) is 0 Å². The maximum Gasteiger partial charge on any atom is 3.00 e. The topological polar surface area (TPSA) is 0 Å². The zero-order valence-corrected chi connectivity index (χ0v) is 22.0. The van der Waals surface area contributed by atoms with E-state index in [1.54, 1.807) is 0 Å². The first-order valence-electron chi connectivity index (χ1n) is 0. The summed E-state index contributed by atoms with van der Waals surface area (Å²) in [6, 6.07) is 0. The largest absolute Gasteiger partial charge is 3.00 e. The molecular weight excluding hydrogens is 911 g/mol. The van der Waals surface area contributed by atoms with E-state index in [1.165, 1.54) is 0 Å². The minimum Gasteiger partial charge on any atom is -1.00 e. The SMILES string of the molecule is [Ba+2].[I-].[I-].[I-].[I-].[I-].[La+3]. The first-order chi connectivity index (χ1) is 0. The van der Waals surface area contributed by atoms with Crippen molar-refractivity contribution >= 4 is 48.9 Å². The summed E-state index contributed by atoms with van der Waals surface area (Å²) >= 11 is 0. The van der Waals surface area contributed by atoms with Gasteiger partial charge in [0.15, 0.2) is 0 Å². The Kier molecular flexibility index (Phi) is 282. The van der Waals surface area contributed by atoms with Crippen LogP contribution in [0.25, 0.3) is 0 Å². The number of hydrogen-bond donors (Lipinski definition) is 0. The second-order valence-electron chi connectivity index (χ2n) is 0. The van der Waals surface area contributed by atoms with Gasteiger partial charge in [-0.15, -0.1) is 0 Å². The summed E-state index contributed by atoms with van der Waals surface area (Å²) in [6.07, 6.45) is 0. The number of rotatable bonds is 0. The molecule has 0 N–H and O–H groups in total. The van der Waals surface area contributed by atoms with Gasteiger partial charge < -0.3 is 120 Å². The predicted octanol–water partition coefficient (Wildman–Crippen LogP) is -15.4. The van der Waals surface area contributed by atoms with Crippen molar-refractivity contribution in [3.63, 3.8) is 0 Å². The van der Waals surface area contributed by atoms with Crippen LogP contribution >= 0.6 is 0 Å². The van der Waals surface area contributed by atoms with E-state index in [2.05, 4.69) is 0 Å². The Morgan fingerprint density at radius 3 is 0.429 bits per heavy atom. The van der Waals surface area contributed by atoms with Crippen LogP contribution in [0.15, 0.2) is 0 Å². The Morgan fingerprint density at radius 1 is 0.429 bits per heavy atom. The van der Waals surface area contributed by atoms with Gasteiger partial charge >= 0.3 is 84.5 Å². The molecule has 0 nitrogen and oxygen atoms in total. The molecule has 0 aromatic heterocycles. The molecule has 0 aliphatic rings. The third kappa shape index (κ3) is 32.7. The molecule has 0 heterocycles. The second-order valence-corrected chi connectivity index (χ2v) is 0. The third-order valence-electron chi connectivity index (χ3n) is 0. The molecule has 0 aliphatic heterocycles. The van der Waals surface area contributed by atoms with Gasteiger partial charge in [-0.25, -0.2) is 0 Å².